The second-order valence-electron chi connectivity index (χ2n) is 13.0. The Bertz CT molecular complexity index is 658. The Morgan fingerprint density at radius 3 is 2.07 bits per heavy atom. The molecule has 3 spiro atoms. The summed E-state index contributed by atoms with van der Waals surface area (Å²) in [6.45, 7) is 8.78. The predicted molar refractivity (Wildman–Crippen MR) is 125 cm³/mol. The van der Waals surface area contributed by atoms with E-state index in [1.165, 1.54) is 90.0 Å². The molecule has 3 N–H and O–H groups in total. The molecule has 3 aliphatic carbocycles. The molecule has 3 nitrogen and oxygen atoms in total. The van der Waals surface area contributed by atoms with Gasteiger partial charge >= 0.3 is 0 Å². The first-order valence-electron chi connectivity index (χ1n) is 13.7. The van der Waals surface area contributed by atoms with Gasteiger partial charge in [-0.1, -0.05) is 19.3 Å². The van der Waals surface area contributed by atoms with Crippen molar-refractivity contribution in [1.29, 1.82) is 0 Å². The zero-order chi connectivity index (χ0) is 20.6. The van der Waals surface area contributed by atoms with Crippen LogP contribution >= 0.6 is 0 Å². The molecule has 3 heteroatoms. The van der Waals surface area contributed by atoms with Crippen molar-refractivity contribution in [1.82, 2.24) is 16.0 Å². The van der Waals surface area contributed by atoms with Crippen LogP contribution in [-0.4, -0.2) is 36.8 Å². The van der Waals surface area contributed by atoms with Gasteiger partial charge in [0.1, 0.15) is 0 Å². The van der Waals surface area contributed by atoms with Crippen LogP contribution < -0.4 is 16.0 Å². The normalized spacial score (nSPS) is 55.1. The van der Waals surface area contributed by atoms with Gasteiger partial charge in [0.2, 0.25) is 0 Å². The third kappa shape index (κ3) is 2.86. The van der Waals surface area contributed by atoms with Crippen molar-refractivity contribution in [3.05, 3.63) is 0 Å². The largest absolute Gasteiger partial charge is 0.314 e. The molecule has 30 heavy (non-hydrogen) atoms. The standard InChI is InChI=1S/C27H47N3/c1-18-26(13-14-28-18)9-4-7-21(15-26)23-17-27(20(3)30-23)12-5-8-22(27)24-16-25(10-6-11-25)19(2)29-24/h18-24,28-30H,4-17H2,1-3H3. The Morgan fingerprint density at radius 1 is 0.633 bits per heavy atom. The van der Waals surface area contributed by atoms with Crippen LogP contribution in [0, 0.1) is 28.1 Å². The fourth-order valence-electron chi connectivity index (χ4n) is 10.0. The summed E-state index contributed by atoms with van der Waals surface area (Å²) in [4.78, 5) is 0. The summed E-state index contributed by atoms with van der Waals surface area (Å²) in [5.74, 6) is 1.83. The van der Waals surface area contributed by atoms with Gasteiger partial charge in [-0.25, -0.2) is 0 Å². The summed E-state index contributed by atoms with van der Waals surface area (Å²) in [7, 11) is 0. The molecule has 6 aliphatic rings. The van der Waals surface area contributed by atoms with Gasteiger partial charge < -0.3 is 16.0 Å². The molecule has 0 radical (unpaired) electrons. The molecule has 9 atom stereocenters. The van der Waals surface area contributed by atoms with E-state index in [-0.39, 0.29) is 0 Å². The smallest absolute Gasteiger partial charge is 0.0110 e. The van der Waals surface area contributed by atoms with Crippen LogP contribution in [0.4, 0.5) is 0 Å². The molecular formula is C27H47N3. The lowest BCUT2D eigenvalue weighted by atomic mass is 9.60. The molecule has 3 saturated carbocycles. The zero-order valence-corrected chi connectivity index (χ0v) is 19.9. The quantitative estimate of drug-likeness (QED) is 0.596. The lowest BCUT2D eigenvalue weighted by Crippen LogP contribution is -2.46. The summed E-state index contributed by atoms with van der Waals surface area (Å²) in [6.07, 6.45) is 19.2. The SMILES string of the molecule is CC1NCCC12CCCC(C1CC3(CCCC3C3CC4(CCC4)C(C)N3)C(C)N1)C2. The van der Waals surface area contributed by atoms with Crippen molar-refractivity contribution in [2.24, 2.45) is 28.1 Å². The maximum Gasteiger partial charge on any atom is 0.0110 e. The summed E-state index contributed by atoms with van der Waals surface area (Å²) in [5, 5.41) is 12.2. The fraction of sp³-hybridized carbons (Fsp3) is 1.00. The van der Waals surface area contributed by atoms with Gasteiger partial charge in [-0.2, -0.15) is 0 Å². The molecule has 3 heterocycles. The van der Waals surface area contributed by atoms with Crippen LogP contribution in [0.25, 0.3) is 0 Å². The highest BCUT2D eigenvalue weighted by molar-refractivity contribution is 5.14. The van der Waals surface area contributed by atoms with E-state index < -0.39 is 0 Å². The minimum atomic E-state index is 0.571. The molecule has 3 saturated heterocycles. The second kappa shape index (κ2) is 7.19. The summed E-state index contributed by atoms with van der Waals surface area (Å²) >= 11 is 0. The minimum absolute atomic E-state index is 0.571. The van der Waals surface area contributed by atoms with Crippen LogP contribution in [0.1, 0.15) is 104 Å². The molecule has 3 aliphatic heterocycles. The van der Waals surface area contributed by atoms with Crippen molar-refractivity contribution in [2.45, 2.75) is 134 Å². The van der Waals surface area contributed by atoms with Gasteiger partial charge in [-0.3, -0.25) is 0 Å². The van der Waals surface area contributed by atoms with E-state index in [1.807, 2.05) is 0 Å². The van der Waals surface area contributed by atoms with Crippen LogP contribution in [-0.2, 0) is 0 Å². The average Bonchev–Trinajstić information content (AvgIpc) is 3.44. The van der Waals surface area contributed by atoms with E-state index in [0.717, 1.165) is 36.0 Å². The maximum atomic E-state index is 4.24. The fourth-order valence-corrected chi connectivity index (χ4v) is 10.0. The van der Waals surface area contributed by atoms with E-state index in [4.69, 9.17) is 0 Å². The number of nitrogens with one attached hydrogen (secondary N) is 3. The highest BCUT2D eigenvalue weighted by atomic mass is 15.1. The van der Waals surface area contributed by atoms with Crippen molar-refractivity contribution >= 4 is 0 Å². The van der Waals surface area contributed by atoms with E-state index in [9.17, 15) is 0 Å². The Morgan fingerprint density at radius 2 is 1.37 bits per heavy atom. The molecule has 6 fully saturated rings. The lowest BCUT2D eigenvalue weighted by Gasteiger charge is -2.43. The van der Waals surface area contributed by atoms with Crippen LogP contribution in [0.3, 0.4) is 0 Å². The number of hydrogen-bond donors (Lipinski definition) is 3. The third-order valence-corrected chi connectivity index (χ3v) is 12.1. The van der Waals surface area contributed by atoms with Gasteiger partial charge in [0.05, 0.1) is 0 Å². The molecule has 0 amide bonds. The lowest BCUT2D eigenvalue weighted by molar-refractivity contribution is 0.0953. The van der Waals surface area contributed by atoms with Crippen LogP contribution in [0.15, 0.2) is 0 Å². The first-order chi connectivity index (χ1) is 14.5. The topological polar surface area (TPSA) is 36.1 Å². The molecular weight excluding hydrogens is 366 g/mol. The van der Waals surface area contributed by atoms with Gasteiger partial charge in [-0.15, -0.1) is 0 Å². The summed E-state index contributed by atoms with van der Waals surface area (Å²) in [5.41, 5.74) is 1.85. The van der Waals surface area contributed by atoms with Crippen molar-refractivity contribution in [2.75, 3.05) is 6.54 Å². The number of rotatable bonds is 2. The average molecular weight is 414 g/mol. The minimum Gasteiger partial charge on any atom is -0.314 e. The first-order valence-corrected chi connectivity index (χ1v) is 13.7. The molecule has 170 valence electrons. The third-order valence-electron chi connectivity index (χ3n) is 12.1. The van der Waals surface area contributed by atoms with Crippen molar-refractivity contribution < 1.29 is 0 Å². The van der Waals surface area contributed by atoms with Crippen molar-refractivity contribution in [3.63, 3.8) is 0 Å². The molecule has 0 aromatic rings. The maximum absolute atomic E-state index is 4.24. The Hall–Kier alpha value is -0.120. The van der Waals surface area contributed by atoms with E-state index in [2.05, 4.69) is 36.7 Å². The van der Waals surface area contributed by atoms with Crippen molar-refractivity contribution in [3.8, 4) is 0 Å². The highest BCUT2D eigenvalue weighted by Gasteiger charge is 2.59. The first kappa shape index (κ1) is 20.5. The Labute approximate surface area is 185 Å². The molecule has 0 aromatic carbocycles. The highest BCUT2D eigenvalue weighted by Crippen LogP contribution is 2.60. The van der Waals surface area contributed by atoms with E-state index >= 15 is 0 Å². The molecule has 9 unspecified atom stereocenters. The Balaban J connectivity index is 1.19. The van der Waals surface area contributed by atoms with Gasteiger partial charge in [0, 0.05) is 30.2 Å². The monoisotopic (exact) mass is 413 g/mol. The predicted octanol–water partition coefficient (Wildman–Crippen LogP) is 5.00. The number of hydrogen-bond acceptors (Lipinski definition) is 3. The van der Waals surface area contributed by atoms with Gasteiger partial charge in [-0.05, 0) is 120 Å². The van der Waals surface area contributed by atoms with Crippen LogP contribution in [0.2, 0.25) is 0 Å². The van der Waals surface area contributed by atoms with E-state index in [0.29, 0.717) is 22.3 Å². The molecule has 6 rings (SSSR count). The second-order valence-corrected chi connectivity index (χ2v) is 13.0. The summed E-state index contributed by atoms with van der Waals surface area (Å²) in [6, 6.07) is 3.77. The molecule has 0 bridgehead atoms. The zero-order valence-electron chi connectivity index (χ0n) is 19.9. The Kier molecular flexibility index (Phi) is 4.91. The van der Waals surface area contributed by atoms with Crippen LogP contribution in [0.5, 0.6) is 0 Å². The molecule has 0 aromatic heterocycles. The van der Waals surface area contributed by atoms with E-state index in [1.54, 1.807) is 0 Å². The summed E-state index contributed by atoms with van der Waals surface area (Å²) < 4.78 is 0. The van der Waals surface area contributed by atoms with Gasteiger partial charge in [0.15, 0.2) is 0 Å². The van der Waals surface area contributed by atoms with Gasteiger partial charge in [0.25, 0.3) is 0 Å².